The van der Waals surface area contributed by atoms with Gasteiger partial charge in [0.05, 0.1) is 13.2 Å². The molecule has 0 bridgehead atoms. The summed E-state index contributed by atoms with van der Waals surface area (Å²) in [6.45, 7) is 6.61. The van der Waals surface area contributed by atoms with Gasteiger partial charge in [-0.25, -0.2) is 14.8 Å². The third kappa shape index (κ3) is 3.62. The lowest BCUT2D eigenvalue weighted by Gasteiger charge is -2.23. The summed E-state index contributed by atoms with van der Waals surface area (Å²) in [6, 6.07) is 3.31. The van der Waals surface area contributed by atoms with Gasteiger partial charge in [-0.1, -0.05) is 13.8 Å². The van der Waals surface area contributed by atoms with Crippen molar-refractivity contribution in [1.29, 1.82) is 0 Å². The van der Waals surface area contributed by atoms with Gasteiger partial charge in [0.15, 0.2) is 0 Å². The van der Waals surface area contributed by atoms with E-state index in [-0.39, 0.29) is 23.6 Å². The highest BCUT2D eigenvalue weighted by molar-refractivity contribution is 7.09. The number of esters is 1. The molecule has 0 aromatic carbocycles. The van der Waals surface area contributed by atoms with Crippen molar-refractivity contribution < 1.29 is 14.3 Å². The average molecular weight is 373 g/mol. The van der Waals surface area contributed by atoms with Crippen molar-refractivity contribution in [3.63, 3.8) is 0 Å². The quantitative estimate of drug-likeness (QED) is 0.764. The van der Waals surface area contributed by atoms with E-state index in [9.17, 15) is 9.59 Å². The van der Waals surface area contributed by atoms with Crippen molar-refractivity contribution in [2.24, 2.45) is 0 Å². The van der Waals surface area contributed by atoms with E-state index in [1.54, 1.807) is 17.4 Å². The van der Waals surface area contributed by atoms with Gasteiger partial charge in [0.1, 0.15) is 10.7 Å². The third-order valence-corrected chi connectivity index (χ3v) is 5.58. The number of aryl methyl sites for hydroxylation is 1. The van der Waals surface area contributed by atoms with Crippen LogP contribution >= 0.6 is 11.3 Å². The number of ether oxygens (including phenoxy) is 1. The molecule has 0 aliphatic carbocycles. The Morgan fingerprint density at radius 1 is 1.31 bits per heavy atom. The van der Waals surface area contributed by atoms with Crippen LogP contribution in [0.3, 0.4) is 0 Å². The fourth-order valence-electron chi connectivity index (χ4n) is 3.14. The fraction of sp³-hybridized carbons (Fsp3) is 0.474. The van der Waals surface area contributed by atoms with Crippen LogP contribution in [0.1, 0.15) is 75.9 Å². The highest BCUT2D eigenvalue weighted by atomic mass is 32.1. The minimum absolute atomic E-state index is 0.00144. The number of carbonyl (C=O) groups is 2. The summed E-state index contributed by atoms with van der Waals surface area (Å²) in [7, 11) is 1.31. The van der Waals surface area contributed by atoms with E-state index in [1.807, 2.05) is 31.1 Å². The van der Waals surface area contributed by atoms with Crippen LogP contribution in [0.5, 0.6) is 0 Å². The lowest BCUT2D eigenvalue weighted by Crippen LogP contribution is -2.31. The van der Waals surface area contributed by atoms with E-state index in [4.69, 9.17) is 4.74 Å². The zero-order valence-electron chi connectivity index (χ0n) is 15.5. The van der Waals surface area contributed by atoms with Crippen molar-refractivity contribution in [3.05, 3.63) is 45.2 Å². The minimum Gasteiger partial charge on any atom is -0.464 e. The molecule has 2 aromatic rings. The molecule has 3 heterocycles. The molecule has 0 N–H and O–H groups in total. The van der Waals surface area contributed by atoms with Crippen molar-refractivity contribution >= 4 is 23.2 Å². The maximum Gasteiger partial charge on any atom is 0.356 e. The van der Waals surface area contributed by atoms with Crippen LogP contribution in [-0.4, -0.2) is 40.4 Å². The Hall–Kier alpha value is -2.28. The fourth-order valence-corrected chi connectivity index (χ4v) is 4.08. The van der Waals surface area contributed by atoms with Crippen LogP contribution in [0.25, 0.3) is 0 Å². The lowest BCUT2D eigenvalue weighted by atomic mass is 10.0. The number of amides is 1. The van der Waals surface area contributed by atoms with E-state index in [0.29, 0.717) is 17.8 Å². The molecule has 0 spiro atoms. The predicted octanol–water partition coefficient (Wildman–Crippen LogP) is 3.73. The Labute approximate surface area is 157 Å². The predicted molar refractivity (Wildman–Crippen MR) is 99.5 cm³/mol. The molecule has 1 saturated heterocycles. The highest BCUT2D eigenvalue weighted by Crippen LogP contribution is 2.35. The van der Waals surface area contributed by atoms with Crippen LogP contribution in [0.2, 0.25) is 0 Å². The first kappa shape index (κ1) is 18.5. The number of thiazole rings is 1. The Balaban J connectivity index is 1.95. The molecule has 138 valence electrons. The first-order chi connectivity index (χ1) is 12.4. The largest absolute Gasteiger partial charge is 0.464 e. The first-order valence-corrected chi connectivity index (χ1v) is 9.62. The van der Waals surface area contributed by atoms with Crippen LogP contribution in [0.15, 0.2) is 17.5 Å². The molecule has 1 atom stereocenters. The van der Waals surface area contributed by atoms with Gasteiger partial charge in [0.25, 0.3) is 5.91 Å². The summed E-state index contributed by atoms with van der Waals surface area (Å²) in [4.78, 5) is 35.9. The number of carbonyl (C=O) groups excluding carboxylic acids is 2. The Morgan fingerprint density at radius 2 is 2.08 bits per heavy atom. The molecule has 0 radical (unpaired) electrons. The van der Waals surface area contributed by atoms with Gasteiger partial charge in [-0.2, -0.15) is 0 Å². The van der Waals surface area contributed by atoms with Crippen molar-refractivity contribution in [1.82, 2.24) is 14.9 Å². The molecule has 1 amide bonds. The summed E-state index contributed by atoms with van der Waals surface area (Å²) in [5.74, 6) is -0.521. The second-order valence-corrected chi connectivity index (χ2v) is 7.69. The van der Waals surface area contributed by atoms with Crippen LogP contribution in [0, 0.1) is 6.92 Å². The van der Waals surface area contributed by atoms with Crippen molar-refractivity contribution in [2.45, 2.75) is 45.6 Å². The first-order valence-electron chi connectivity index (χ1n) is 8.74. The average Bonchev–Trinajstić information content (AvgIpc) is 3.28. The number of methoxy groups -OCH3 is 1. The molecule has 1 fully saturated rings. The molecule has 6 nitrogen and oxygen atoms in total. The van der Waals surface area contributed by atoms with Crippen LogP contribution < -0.4 is 0 Å². The number of likely N-dealkylation sites (tertiary alicyclic amines) is 1. The zero-order valence-corrected chi connectivity index (χ0v) is 16.3. The molecule has 2 aromatic heterocycles. The Kier molecular flexibility index (Phi) is 5.36. The van der Waals surface area contributed by atoms with Gasteiger partial charge in [-0.15, -0.1) is 11.3 Å². The molecule has 1 aliphatic rings. The topological polar surface area (TPSA) is 72.4 Å². The maximum atomic E-state index is 13.2. The SMILES string of the molecule is COC(=O)c1cc(C(=O)N2CCCC2c2nc(C)cs2)cc(C(C)C)n1. The zero-order chi connectivity index (χ0) is 18.8. The summed E-state index contributed by atoms with van der Waals surface area (Å²) >= 11 is 1.59. The Morgan fingerprint density at radius 3 is 2.69 bits per heavy atom. The van der Waals surface area contributed by atoms with Crippen molar-refractivity contribution in [2.75, 3.05) is 13.7 Å². The smallest absolute Gasteiger partial charge is 0.356 e. The molecule has 1 aliphatic heterocycles. The number of hydrogen-bond acceptors (Lipinski definition) is 6. The summed E-state index contributed by atoms with van der Waals surface area (Å²) < 4.78 is 4.79. The molecule has 3 rings (SSSR count). The van der Waals surface area contributed by atoms with Gasteiger partial charge < -0.3 is 9.64 Å². The number of nitrogens with zero attached hydrogens (tertiary/aromatic N) is 3. The van der Waals surface area contributed by atoms with Gasteiger partial charge in [0, 0.05) is 28.9 Å². The number of aromatic nitrogens is 2. The van der Waals surface area contributed by atoms with Crippen LogP contribution in [-0.2, 0) is 4.74 Å². The third-order valence-electron chi connectivity index (χ3n) is 4.51. The monoisotopic (exact) mass is 373 g/mol. The molecule has 26 heavy (non-hydrogen) atoms. The molecule has 7 heteroatoms. The van der Waals surface area contributed by atoms with Gasteiger partial charge in [-0.3, -0.25) is 4.79 Å². The van der Waals surface area contributed by atoms with E-state index in [0.717, 1.165) is 23.5 Å². The molecule has 1 unspecified atom stereocenters. The molecular weight excluding hydrogens is 350 g/mol. The summed E-state index contributed by atoms with van der Waals surface area (Å²) in [5, 5.41) is 2.98. The van der Waals surface area contributed by atoms with E-state index in [2.05, 4.69) is 9.97 Å². The second kappa shape index (κ2) is 7.53. The minimum atomic E-state index is -0.532. The number of pyridine rings is 1. The highest BCUT2D eigenvalue weighted by Gasteiger charge is 2.33. The number of hydrogen-bond donors (Lipinski definition) is 0. The Bertz CT molecular complexity index is 831. The van der Waals surface area contributed by atoms with Gasteiger partial charge >= 0.3 is 5.97 Å². The molecular formula is C19H23N3O3S. The second-order valence-electron chi connectivity index (χ2n) is 6.80. The standard InChI is InChI=1S/C19H23N3O3S/c1-11(2)14-8-13(9-15(21-14)19(24)25-4)18(23)22-7-5-6-16(22)17-20-12(3)10-26-17/h8-11,16H,5-7H2,1-4H3. The molecule has 0 saturated carbocycles. The van der Waals surface area contributed by atoms with E-state index in [1.165, 1.54) is 13.2 Å². The van der Waals surface area contributed by atoms with Gasteiger partial charge in [-0.05, 0) is 37.8 Å². The summed E-state index contributed by atoms with van der Waals surface area (Å²) in [5.41, 5.74) is 2.33. The van der Waals surface area contributed by atoms with Crippen LogP contribution in [0.4, 0.5) is 0 Å². The number of rotatable bonds is 4. The summed E-state index contributed by atoms with van der Waals surface area (Å²) in [6.07, 6.45) is 1.85. The normalized spacial score (nSPS) is 17.0. The van der Waals surface area contributed by atoms with Gasteiger partial charge in [0.2, 0.25) is 0 Å². The van der Waals surface area contributed by atoms with E-state index < -0.39 is 5.97 Å². The maximum absolute atomic E-state index is 13.2. The lowest BCUT2D eigenvalue weighted by molar-refractivity contribution is 0.0593. The van der Waals surface area contributed by atoms with Crippen molar-refractivity contribution in [3.8, 4) is 0 Å². The van der Waals surface area contributed by atoms with E-state index >= 15 is 0 Å².